The number of carbonyl (C=O) groups is 1. The third kappa shape index (κ3) is 4.56. The van der Waals surface area contributed by atoms with E-state index < -0.39 is 17.3 Å². The lowest BCUT2D eigenvalue weighted by atomic mass is 9.99. The van der Waals surface area contributed by atoms with Gasteiger partial charge in [0.05, 0.1) is 22.5 Å². The van der Waals surface area contributed by atoms with E-state index in [1.54, 1.807) is 17.3 Å². The molecule has 44 heavy (non-hydrogen) atoms. The number of aromatic nitrogens is 5. The van der Waals surface area contributed by atoms with Gasteiger partial charge in [0.2, 0.25) is 5.91 Å². The topological polar surface area (TPSA) is 97.1 Å². The molecule has 0 bridgehead atoms. The van der Waals surface area contributed by atoms with E-state index in [1.165, 1.54) is 34.9 Å². The first kappa shape index (κ1) is 28.2. The highest BCUT2D eigenvalue weighted by Gasteiger charge is 2.40. The monoisotopic (exact) mass is 597 g/mol. The predicted octanol–water partition coefficient (Wildman–Crippen LogP) is 5.27. The van der Waals surface area contributed by atoms with Crippen molar-refractivity contribution in [3.05, 3.63) is 82.8 Å². The zero-order valence-corrected chi connectivity index (χ0v) is 24.9. The molecule has 0 unspecified atom stereocenters. The van der Waals surface area contributed by atoms with Crippen LogP contribution < -0.4 is 10.6 Å². The van der Waals surface area contributed by atoms with Gasteiger partial charge >= 0.3 is 5.69 Å². The van der Waals surface area contributed by atoms with Crippen molar-refractivity contribution in [1.29, 1.82) is 0 Å². The fourth-order valence-corrected chi connectivity index (χ4v) is 6.55. The van der Waals surface area contributed by atoms with Crippen LogP contribution >= 0.6 is 0 Å². The van der Waals surface area contributed by atoms with E-state index in [1.807, 2.05) is 25.7 Å². The van der Waals surface area contributed by atoms with E-state index >= 15 is 4.39 Å². The Kier molecular flexibility index (Phi) is 6.78. The van der Waals surface area contributed by atoms with E-state index in [9.17, 15) is 14.0 Å². The number of anilines is 1. The lowest BCUT2D eigenvalue weighted by molar-refractivity contribution is -0.131. The number of hydrogen-bond donors (Lipinski definition) is 0. The molecule has 2 aliphatic carbocycles. The summed E-state index contributed by atoms with van der Waals surface area (Å²) in [6.45, 7) is 9.78. The zero-order valence-electron chi connectivity index (χ0n) is 24.9. The summed E-state index contributed by atoms with van der Waals surface area (Å²) < 4.78 is 32.4. The summed E-state index contributed by atoms with van der Waals surface area (Å²) in [5.74, 6) is -0.925. The molecule has 3 atom stereocenters. The normalized spacial score (nSPS) is 22.0. The first-order chi connectivity index (χ1) is 21.2. The van der Waals surface area contributed by atoms with Crippen molar-refractivity contribution in [3.63, 3.8) is 0 Å². The molecular weight excluding hydrogens is 564 g/mol. The van der Waals surface area contributed by atoms with Crippen molar-refractivity contribution in [1.82, 2.24) is 29.4 Å². The molecule has 3 aromatic heterocycles. The van der Waals surface area contributed by atoms with Gasteiger partial charge < -0.3 is 9.80 Å². The lowest BCUT2D eigenvalue weighted by Crippen LogP contribution is -2.63. The number of hydrogen-bond acceptors (Lipinski definition) is 7. The van der Waals surface area contributed by atoms with Gasteiger partial charge in [-0.05, 0) is 70.7 Å². The fraction of sp³-hybridized carbons (Fsp3) is 0.394. The standard InChI is InChI=1S/C33H33F2N7O2/c1-5-26(43)41-17(2)15-40(18(3)19(41)4)31-23-14-25(35)29(22-8-6-7-9-24(22)34)38-32(23)42(33(44)39-31)30-27(20-10-11-20)36-16-37-28(30)21-12-13-21/h5-9,14,16-21H,1,10-13,15H2,2-4H3/t17-,18+,19+/m1/s1. The molecule has 3 fully saturated rings. The SMILES string of the molecule is C=CC(=O)N1[C@H](C)CN(c2nc(=O)n(-c3c(C4CC4)ncnc3C3CC3)c3nc(-c4ccccc4F)c(F)cc23)[C@@H](C)[C@@H]1C. The van der Waals surface area contributed by atoms with Gasteiger partial charge in [-0.25, -0.2) is 33.1 Å². The Morgan fingerprint density at radius 3 is 2.23 bits per heavy atom. The van der Waals surface area contributed by atoms with Crippen LogP contribution in [0, 0.1) is 11.6 Å². The molecule has 7 rings (SSSR count). The molecule has 3 aliphatic rings. The Labute approximate surface area is 253 Å². The van der Waals surface area contributed by atoms with E-state index in [0.29, 0.717) is 17.6 Å². The highest BCUT2D eigenvalue weighted by Crippen LogP contribution is 2.47. The van der Waals surface area contributed by atoms with Crippen LogP contribution in [-0.4, -0.2) is 60.0 Å². The minimum absolute atomic E-state index is 0.00873. The van der Waals surface area contributed by atoms with Crippen LogP contribution in [0.1, 0.15) is 69.7 Å². The van der Waals surface area contributed by atoms with Gasteiger partial charge in [-0.2, -0.15) is 4.98 Å². The second-order valence-corrected chi connectivity index (χ2v) is 12.2. The Bertz CT molecular complexity index is 1850. The van der Waals surface area contributed by atoms with E-state index in [2.05, 4.69) is 21.5 Å². The average molecular weight is 598 g/mol. The molecule has 1 aliphatic heterocycles. The molecule has 0 radical (unpaired) electrons. The quantitative estimate of drug-likeness (QED) is 0.280. The molecule has 1 amide bonds. The number of amides is 1. The molecule has 226 valence electrons. The van der Waals surface area contributed by atoms with Crippen LogP contribution in [0.4, 0.5) is 14.6 Å². The number of rotatable bonds is 6. The minimum atomic E-state index is -0.737. The second kappa shape index (κ2) is 10.6. The van der Waals surface area contributed by atoms with Crippen molar-refractivity contribution in [2.24, 2.45) is 0 Å². The van der Waals surface area contributed by atoms with Crippen LogP contribution in [-0.2, 0) is 4.79 Å². The van der Waals surface area contributed by atoms with E-state index in [0.717, 1.165) is 37.1 Å². The van der Waals surface area contributed by atoms with Crippen molar-refractivity contribution >= 4 is 22.8 Å². The molecule has 0 N–H and O–H groups in total. The highest BCUT2D eigenvalue weighted by atomic mass is 19.1. The van der Waals surface area contributed by atoms with Crippen molar-refractivity contribution in [3.8, 4) is 16.9 Å². The second-order valence-electron chi connectivity index (χ2n) is 12.2. The third-order valence-electron chi connectivity index (χ3n) is 9.23. The zero-order chi connectivity index (χ0) is 30.9. The number of halogens is 2. The fourth-order valence-electron chi connectivity index (χ4n) is 6.55. The van der Waals surface area contributed by atoms with Gasteiger partial charge in [-0.1, -0.05) is 18.7 Å². The van der Waals surface area contributed by atoms with Crippen molar-refractivity contribution in [2.45, 2.75) is 76.4 Å². The molecule has 4 aromatic rings. The minimum Gasteiger partial charge on any atom is -0.349 e. The highest BCUT2D eigenvalue weighted by molar-refractivity contribution is 5.91. The van der Waals surface area contributed by atoms with Crippen LogP contribution in [0.5, 0.6) is 0 Å². The Morgan fingerprint density at radius 2 is 1.61 bits per heavy atom. The molecule has 1 aromatic carbocycles. The first-order valence-corrected chi connectivity index (χ1v) is 15.1. The molecule has 11 heteroatoms. The average Bonchev–Trinajstić information content (AvgIpc) is 3.93. The largest absolute Gasteiger partial charge is 0.355 e. The summed E-state index contributed by atoms with van der Waals surface area (Å²) in [5, 5.41) is 0.310. The maximum atomic E-state index is 16.0. The molecule has 0 spiro atoms. The smallest absolute Gasteiger partial charge is 0.349 e. The van der Waals surface area contributed by atoms with Gasteiger partial charge in [-0.3, -0.25) is 4.79 Å². The van der Waals surface area contributed by atoms with Crippen LogP contribution in [0.2, 0.25) is 0 Å². The summed E-state index contributed by atoms with van der Waals surface area (Å²) in [4.78, 5) is 49.2. The van der Waals surface area contributed by atoms with E-state index in [4.69, 9.17) is 4.98 Å². The maximum Gasteiger partial charge on any atom is 0.355 e. The number of piperazine rings is 1. The third-order valence-corrected chi connectivity index (χ3v) is 9.23. The number of nitrogens with zero attached hydrogens (tertiary/aromatic N) is 7. The van der Waals surface area contributed by atoms with Gasteiger partial charge in [0.1, 0.15) is 29.5 Å². The molecule has 2 saturated carbocycles. The van der Waals surface area contributed by atoms with Crippen LogP contribution in [0.3, 0.4) is 0 Å². The maximum absolute atomic E-state index is 16.0. The van der Waals surface area contributed by atoms with Crippen molar-refractivity contribution in [2.75, 3.05) is 11.4 Å². The van der Waals surface area contributed by atoms with Gasteiger partial charge in [0.25, 0.3) is 0 Å². The summed E-state index contributed by atoms with van der Waals surface area (Å²) in [6.07, 6.45) is 6.61. The Balaban J connectivity index is 1.51. The van der Waals surface area contributed by atoms with Crippen LogP contribution in [0.15, 0.2) is 54.1 Å². The number of pyridine rings is 1. The Morgan fingerprint density at radius 1 is 0.955 bits per heavy atom. The number of carbonyl (C=O) groups excluding carboxylic acids is 1. The van der Waals surface area contributed by atoms with E-state index in [-0.39, 0.29) is 58.6 Å². The molecule has 9 nitrogen and oxygen atoms in total. The number of fused-ring (bicyclic) bond motifs is 1. The summed E-state index contributed by atoms with van der Waals surface area (Å²) in [6, 6.07) is 6.38. The Hall–Kier alpha value is -4.54. The number of benzene rings is 1. The molecular formula is C33H33F2N7O2. The van der Waals surface area contributed by atoms with Gasteiger partial charge in [-0.15, -0.1) is 0 Å². The van der Waals surface area contributed by atoms with Gasteiger partial charge in [0.15, 0.2) is 5.65 Å². The predicted molar refractivity (Wildman–Crippen MR) is 163 cm³/mol. The first-order valence-electron chi connectivity index (χ1n) is 15.1. The molecule has 1 saturated heterocycles. The van der Waals surface area contributed by atoms with Crippen LogP contribution in [0.25, 0.3) is 28.0 Å². The summed E-state index contributed by atoms with van der Waals surface area (Å²) in [7, 11) is 0. The summed E-state index contributed by atoms with van der Waals surface area (Å²) >= 11 is 0. The molecule has 4 heterocycles. The lowest BCUT2D eigenvalue weighted by Gasteiger charge is -2.49. The summed E-state index contributed by atoms with van der Waals surface area (Å²) in [5.41, 5.74) is 1.43. The van der Waals surface area contributed by atoms with Gasteiger partial charge in [0, 0.05) is 42.1 Å². The van der Waals surface area contributed by atoms with Crippen molar-refractivity contribution < 1.29 is 13.6 Å².